The van der Waals surface area contributed by atoms with Gasteiger partial charge in [-0.05, 0) is 68.1 Å². The summed E-state index contributed by atoms with van der Waals surface area (Å²) in [5.41, 5.74) is 1.38. The van der Waals surface area contributed by atoms with Crippen LogP contribution in [0.4, 0.5) is 10.5 Å². The average molecular weight is 635 g/mol. The highest BCUT2D eigenvalue weighted by atomic mass is 32.2. The topological polar surface area (TPSA) is 124 Å². The molecule has 10 nitrogen and oxygen atoms in total. The minimum Gasteiger partial charge on any atom is -0.465 e. The zero-order valence-electron chi connectivity index (χ0n) is 25.9. The minimum atomic E-state index is -3.63. The Morgan fingerprint density at radius 2 is 1.62 bits per heavy atom. The second-order valence-electron chi connectivity index (χ2n) is 11.9. The van der Waals surface area contributed by atoms with Crippen molar-refractivity contribution in [3.05, 3.63) is 118 Å². The van der Waals surface area contributed by atoms with E-state index in [2.05, 4.69) is 30.0 Å². The van der Waals surface area contributed by atoms with E-state index < -0.39 is 26.5 Å². The molecule has 3 aromatic rings. The Hall–Kier alpha value is -4.06. The SMILES string of the molecule is CN(CC(C)(CCN1CCC(C=CCN(Cc2ccc([N+](=O)[O-])cc2)C(=O)O)CC1)c1ccccc1)S(=O)(=O)c1ccccc1. The molecular formula is C34H42N4O6S. The summed E-state index contributed by atoms with van der Waals surface area (Å²) < 4.78 is 28.1. The van der Waals surface area contributed by atoms with Gasteiger partial charge >= 0.3 is 6.09 Å². The van der Waals surface area contributed by atoms with Crippen LogP contribution in [-0.2, 0) is 22.0 Å². The number of likely N-dealkylation sites (N-methyl/N-ethyl adjacent to an activating group) is 1. The summed E-state index contributed by atoms with van der Waals surface area (Å²) in [7, 11) is -1.97. The van der Waals surface area contributed by atoms with Gasteiger partial charge in [-0.25, -0.2) is 17.5 Å². The van der Waals surface area contributed by atoms with Crippen molar-refractivity contribution >= 4 is 21.8 Å². The summed E-state index contributed by atoms with van der Waals surface area (Å²) in [5, 5.41) is 20.5. The van der Waals surface area contributed by atoms with Crippen LogP contribution >= 0.6 is 0 Å². The Morgan fingerprint density at radius 1 is 1.02 bits per heavy atom. The number of benzene rings is 3. The molecule has 1 N–H and O–H groups in total. The number of hydrogen-bond donors (Lipinski definition) is 1. The quantitative estimate of drug-likeness (QED) is 0.131. The van der Waals surface area contributed by atoms with Gasteiger partial charge in [0, 0.05) is 44.2 Å². The second-order valence-corrected chi connectivity index (χ2v) is 14.0. The lowest BCUT2D eigenvalue weighted by Gasteiger charge is -2.37. The molecule has 1 atom stereocenters. The zero-order valence-corrected chi connectivity index (χ0v) is 26.7. The molecule has 1 amide bonds. The van der Waals surface area contributed by atoms with Crippen molar-refractivity contribution in [3.8, 4) is 0 Å². The van der Waals surface area contributed by atoms with Gasteiger partial charge < -0.3 is 14.9 Å². The number of hydrogen-bond acceptors (Lipinski definition) is 6. The molecule has 4 rings (SSSR count). The summed E-state index contributed by atoms with van der Waals surface area (Å²) in [4.78, 5) is 26.2. The molecule has 0 aliphatic carbocycles. The number of carbonyl (C=O) groups is 1. The third-order valence-corrected chi connectivity index (χ3v) is 10.4. The molecule has 1 heterocycles. The highest BCUT2D eigenvalue weighted by Gasteiger charge is 2.33. The molecule has 11 heteroatoms. The van der Waals surface area contributed by atoms with Crippen molar-refractivity contribution in [2.75, 3.05) is 39.8 Å². The highest BCUT2D eigenvalue weighted by Crippen LogP contribution is 2.31. The lowest BCUT2D eigenvalue weighted by Crippen LogP contribution is -2.43. The van der Waals surface area contributed by atoms with Crippen molar-refractivity contribution in [3.63, 3.8) is 0 Å². The lowest BCUT2D eigenvalue weighted by molar-refractivity contribution is -0.384. The van der Waals surface area contributed by atoms with Crippen LogP contribution in [0.2, 0.25) is 0 Å². The predicted octanol–water partition coefficient (Wildman–Crippen LogP) is 6.01. The molecule has 0 saturated carbocycles. The summed E-state index contributed by atoms with van der Waals surface area (Å²) in [6, 6.07) is 24.6. The van der Waals surface area contributed by atoms with Gasteiger partial charge in [0.1, 0.15) is 0 Å². The molecule has 0 radical (unpaired) electrons. The van der Waals surface area contributed by atoms with Crippen molar-refractivity contribution in [1.29, 1.82) is 0 Å². The standard InChI is InChI=1S/C34H42N4O6S/c1-34(30-11-5-3-6-12-30,27-35(2)45(43,44)32-13-7-4-8-14-32)21-25-36-23-19-28(20-24-36)10-9-22-37(33(39)40)26-29-15-17-31(18-16-29)38(41)42/h3-18,28H,19-27H2,1-2H3,(H,39,40). The van der Waals surface area contributed by atoms with E-state index in [0.29, 0.717) is 18.0 Å². The molecule has 1 saturated heterocycles. The van der Waals surface area contributed by atoms with Crippen LogP contribution in [0.1, 0.15) is 37.3 Å². The summed E-state index contributed by atoms with van der Waals surface area (Å²) in [6.45, 7) is 5.53. The first kappa shape index (κ1) is 33.8. The van der Waals surface area contributed by atoms with E-state index in [1.54, 1.807) is 49.5 Å². The summed E-state index contributed by atoms with van der Waals surface area (Å²) >= 11 is 0. The number of rotatable bonds is 14. The van der Waals surface area contributed by atoms with E-state index in [9.17, 15) is 28.4 Å². The first-order valence-electron chi connectivity index (χ1n) is 15.1. The smallest absolute Gasteiger partial charge is 0.407 e. The maximum atomic E-state index is 13.3. The van der Waals surface area contributed by atoms with Crippen LogP contribution in [-0.4, -0.2) is 78.4 Å². The van der Waals surface area contributed by atoms with Gasteiger partial charge in [-0.1, -0.05) is 79.7 Å². The van der Waals surface area contributed by atoms with Crippen molar-refractivity contribution < 1.29 is 23.2 Å². The molecule has 45 heavy (non-hydrogen) atoms. The number of nitro benzene ring substituents is 1. The molecule has 0 bridgehead atoms. The monoisotopic (exact) mass is 634 g/mol. The first-order valence-corrected chi connectivity index (χ1v) is 16.6. The Kier molecular flexibility index (Phi) is 11.5. The van der Waals surface area contributed by atoms with Crippen LogP contribution < -0.4 is 0 Å². The van der Waals surface area contributed by atoms with Gasteiger partial charge in [-0.3, -0.25) is 10.1 Å². The molecule has 0 spiro atoms. The van der Waals surface area contributed by atoms with Crippen molar-refractivity contribution in [1.82, 2.24) is 14.1 Å². The van der Waals surface area contributed by atoms with E-state index in [4.69, 9.17) is 0 Å². The third kappa shape index (κ3) is 9.23. The molecule has 3 aromatic carbocycles. The number of carboxylic acid groups (broad SMARTS) is 1. The maximum Gasteiger partial charge on any atom is 0.407 e. The van der Waals surface area contributed by atoms with Gasteiger partial charge in [0.05, 0.1) is 9.82 Å². The number of piperidine rings is 1. The largest absolute Gasteiger partial charge is 0.465 e. The van der Waals surface area contributed by atoms with Crippen molar-refractivity contribution in [2.45, 2.75) is 43.0 Å². The Labute approximate surface area is 265 Å². The van der Waals surface area contributed by atoms with Gasteiger partial charge in [0.25, 0.3) is 5.69 Å². The van der Waals surface area contributed by atoms with Gasteiger partial charge in [-0.15, -0.1) is 0 Å². The first-order chi connectivity index (χ1) is 21.5. The molecule has 240 valence electrons. The number of nitro groups is 1. The molecular weight excluding hydrogens is 592 g/mol. The molecule has 1 unspecified atom stereocenters. The minimum absolute atomic E-state index is 0.0279. The van der Waals surface area contributed by atoms with Crippen molar-refractivity contribution in [2.24, 2.45) is 5.92 Å². The number of nitrogens with zero attached hydrogens (tertiary/aromatic N) is 4. The van der Waals surface area contributed by atoms with Gasteiger partial charge in [0.2, 0.25) is 10.0 Å². The van der Waals surface area contributed by atoms with Crippen LogP contribution in [0.5, 0.6) is 0 Å². The number of amides is 1. The van der Waals surface area contributed by atoms with E-state index in [1.165, 1.54) is 21.3 Å². The Balaban J connectivity index is 1.31. The van der Waals surface area contributed by atoms with E-state index in [0.717, 1.165) is 44.5 Å². The van der Waals surface area contributed by atoms with Crippen LogP contribution in [0.15, 0.2) is 102 Å². The van der Waals surface area contributed by atoms with E-state index in [-0.39, 0.29) is 23.7 Å². The second kappa shape index (κ2) is 15.3. The van der Waals surface area contributed by atoms with Crippen LogP contribution in [0, 0.1) is 16.0 Å². The van der Waals surface area contributed by atoms with E-state index >= 15 is 0 Å². The zero-order chi connectivity index (χ0) is 32.5. The Bertz CT molecular complexity index is 1540. The van der Waals surface area contributed by atoms with Gasteiger partial charge in [0.15, 0.2) is 0 Å². The highest BCUT2D eigenvalue weighted by molar-refractivity contribution is 7.89. The van der Waals surface area contributed by atoms with Gasteiger partial charge in [-0.2, -0.15) is 0 Å². The fraction of sp³-hybridized carbons (Fsp3) is 0.382. The number of sulfonamides is 1. The maximum absolute atomic E-state index is 13.3. The average Bonchev–Trinajstić information content (AvgIpc) is 3.05. The summed E-state index contributed by atoms with van der Waals surface area (Å²) in [5.74, 6) is 0.346. The molecule has 0 aromatic heterocycles. The number of non-ortho nitro benzene ring substituents is 1. The molecule has 1 fully saturated rings. The van der Waals surface area contributed by atoms with Crippen LogP contribution in [0.25, 0.3) is 0 Å². The third-order valence-electron chi connectivity index (χ3n) is 8.63. The Morgan fingerprint density at radius 3 is 2.20 bits per heavy atom. The lowest BCUT2D eigenvalue weighted by atomic mass is 9.79. The number of allylic oxidation sites excluding steroid dienone is 1. The van der Waals surface area contributed by atoms with Crippen LogP contribution in [0.3, 0.4) is 0 Å². The molecule has 1 aliphatic rings. The summed E-state index contributed by atoms with van der Waals surface area (Å²) in [6.07, 6.45) is 5.65. The number of likely N-dealkylation sites (tertiary alicyclic amines) is 1. The normalized spacial score (nSPS) is 16.1. The predicted molar refractivity (Wildman–Crippen MR) is 175 cm³/mol. The fourth-order valence-electron chi connectivity index (χ4n) is 5.81. The fourth-order valence-corrected chi connectivity index (χ4v) is 7.13. The van der Waals surface area contributed by atoms with E-state index in [1.807, 2.05) is 24.3 Å². The molecule has 1 aliphatic heterocycles.